The monoisotopic (exact) mass is 420 g/mol. The van der Waals surface area contributed by atoms with Crippen LogP contribution in [0.3, 0.4) is 0 Å². The molecule has 8 heteroatoms. The highest BCUT2D eigenvalue weighted by molar-refractivity contribution is 6.12. The number of fused-ring (bicyclic) bond motifs is 1. The molecule has 0 bridgehead atoms. The zero-order valence-corrected chi connectivity index (χ0v) is 17.4. The number of anilines is 1. The number of amides is 2. The van der Waals surface area contributed by atoms with Crippen molar-refractivity contribution < 1.29 is 28.3 Å². The molecule has 4 rings (SSSR count). The predicted molar refractivity (Wildman–Crippen MR) is 105 cm³/mol. The fourth-order valence-corrected chi connectivity index (χ4v) is 4.79. The average molecular weight is 420 g/mol. The van der Waals surface area contributed by atoms with Crippen molar-refractivity contribution in [3.8, 4) is 0 Å². The normalized spacial score (nSPS) is 23.8. The van der Waals surface area contributed by atoms with Gasteiger partial charge in [0.15, 0.2) is 0 Å². The van der Waals surface area contributed by atoms with Gasteiger partial charge in [-0.3, -0.25) is 19.3 Å². The van der Waals surface area contributed by atoms with E-state index in [-0.39, 0.29) is 42.0 Å². The van der Waals surface area contributed by atoms with Crippen molar-refractivity contribution in [2.45, 2.75) is 76.3 Å². The Bertz CT molecular complexity index is 942. The van der Waals surface area contributed by atoms with Crippen LogP contribution >= 0.6 is 0 Å². The molecule has 1 aliphatic carbocycles. The zero-order chi connectivity index (χ0) is 22.0. The lowest BCUT2D eigenvalue weighted by molar-refractivity contribution is -0.138. The molecule has 2 amide bonds. The van der Waals surface area contributed by atoms with Gasteiger partial charge in [-0.2, -0.15) is 0 Å². The second-order valence-electron chi connectivity index (χ2n) is 9.18. The molecule has 6 nitrogen and oxygen atoms in total. The summed E-state index contributed by atoms with van der Waals surface area (Å²) in [5, 5.41) is 8.89. The van der Waals surface area contributed by atoms with Gasteiger partial charge in [-0.15, -0.1) is 0 Å². The number of hydrogen-bond acceptors (Lipinski definition) is 3. The smallest absolute Gasteiger partial charge is 0.303 e. The second-order valence-corrected chi connectivity index (χ2v) is 9.18. The van der Waals surface area contributed by atoms with Crippen LogP contribution in [0.4, 0.5) is 14.5 Å². The van der Waals surface area contributed by atoms with Gasteiger partial charge in [-0.25, -0.2) is 8.78 Å². The Hall–Kier alpha value is -2.51. The first kappa shape index (κ1) is 20.8. The highest BCUT2D eigenvalue weighted by atomic mass is 19.1. The number of halogens is 2. The number of carboxylic acids is 1. The van der Waals surface area contributed by atoms with Crippen LogP contribution in [0.5, 0.6) is 0 Å². The van der Waals surface area contributed by atoms with Crippen molar-refractivity contribution >= 4 is 23.5 Å². The van der Waals surface area contributed by atoms with Crippen LogP contribution in [0.15, 0.2) is 6.07 Å². The summed E-state index contributed by atoms with van der Waals surface area (Å²) >= 11 is 0. The molecule has 0 unspecified atom stereocenters. The minimum Gasteiger partial charge on any atom is -0.481 e. The van der Waals surface area contributed by atoms with Gasteiger partial charge in [0.05, 0.1) is 11.1 Å². The predicted octanol–water partition coefficient (Wildman–Crippen LogP) is 3.32. The van der Waals surface area contributed by atoms with Crippen molar-refractivity contribution in [1.29, 1.82) is 0 Å². The molecule has 1 aromatic rings. The maximum absolute atomic E-state index is 15.4. The summed E-state index contributed by atoms with van der Waals surface area (Å²) in [5.74, 6) is -3.00. The van der Waals surface area contributed by atoms with Crippen LogP contribution in [0.2, 0.25) is 0 Å². The van der Waals surface area contributed by atoms with Gasteiger partial charge in [0, 0.05) is 24.6 Å². The van der Waals surface area contributed by atoms with Crippen LogP contribution in [0.1, 0.15) is 69.9 Å². The van der Waals surface area contributed by atoms with Gasteiger partial charge in [0.25, 0.3) is 0 Å². The van der Waals surface area contributed by atoms with Gasteiger partial charge in [0.1, 0.15) is 17.7 Å². The number of nitrogens with zero attached hydrogens (tertiary/aromatic N) is 2. The fraction of sp³-hybridized carbons (Fsp3) is 0.591. The maximum atomic E-state index is 15.4. The molecule has 0 spiro atoms. The molecule has 1 aromatic carbocycles. The van der Waals surface area contributed by atoms with Gasteiger partial charge in [-0.05, 0) is 64.0 Å². The maximum Gasteiger partial charge on any atom is 0.303 e. The van der Waals surface area contributed by atoms with E-state index in [1.54, 1.807) is 25.7 Å². The quantitative estimate of drug-likeness (QED) is 0.766. The molecule has 0 radical (unpaired) electrons. The van der Waals surface area contributed by atoms with Gasteiger partial charge < -0.3 is 10.0 Å². The van der Waals surface area contributed by atoms with E-state index in [0.29, 0.717) is 18.5 Å². The first-order valence-electron chi connectivity index (χ1n) is 10.4. The summed E-state index contributed by atoms with van der Waals surface area (Å²) in [6.45, 7) is 5.24. The largest absolute Gasteiger partial charge is 0.481 e. The molecule has 1 N–H and O–H groups in total. The van der Waals surface area contributed by atoms with E-state index in [9.17, 15) is 14.4 Å². The van der Waals surface area contributed by atoms with E-state index in [1.807, 2.05) is 0 Å². The number of rotatable bonds is 6. The van der Waals surface area contributed by atoms with E-state index >= 15 is 8.78 Å². The molecular weight excluding hydrogens is 394 g/mol. The molecule has 1 saturated heterocycles. The van der Waals surface area contributed by atoms with Crippen LogP contribution in [0, 0.1) is 11.6 Å². The van der Waals surface area contributed by atoms with Crippen LogP contribution in [-0.4, -0.2) is 46.4 Å². The highest BCUT2D eigenvalue weighted by Crippen LogP contribution is 2.51. The highest BCUT2D eigenvalue weighted by Gasteiger charge is 2.54. The third-order valence-electron chi connectivity index (χ3n) is 6.69. The molecule has 0 aromatic heterocycles. The summed E-state index contributed by atoms with van der Waals surface area (Å²) in [5.41, 5.74) is -1.03. The number of likely N-dealkylation sites (tertiary alicyclic amines) is 1. The molecule has 1 saturated carbocycles. The number of benzene rings is 1. The van der Waals surface area contributed by atoms with Crippen molar-refractivity contribution in [1.82, 2.24) is 4.90 Å². The molecule has 3 aliphatic rings. The number of carboxylic acid groups (broad SMARTS) is 1. The molecule has 2 fully saturated rings. The molecular formula is C22H26F2N2O4. The fourth-order valence-electron chi connectivity index (χ4n) is 4.79. The summed E-state index contributed by atoms with van der Waals surface area (Å²) < 4.78 is 30.5. The van der Waals surface area contributed by atoms with Crippen LogP contribution < -0.4 is 4.90 Å². The van der Waals surface area contributed by atoms with Gasteiger partial charge >= 0.3 is 5.97 Å². The lowest BCUT2D eigenvalue weighted by Crippen LogP contribution is -2.48. The summed E-state index contributed by atoms with van der Waals surface area (Å²) in [6, 6.07) is -0.0474. The minimum atomic E-state index is -1.27. The van der Waals surface area contributed by atoms with Crippen LogP contribution in [0.25, 0.3) is 0 Å². The standard InChI is InChI=1S/C22H26F2N2O4/c1-11(4-7-16(27)28)25-9-8-15(20(25)29)26-19-14(23)10-13(12-5-6-12)18(24)17(19)22(2,3)21(26)30/h10-12,15H,4-9H2,1-3H3,(H,27,28)/t11-,15+/m0/s1. The first-order valence-corrected chi connectivity index (χ1v) is 10.4. The minimum absolute atomic E-state index is 0.0107. The van der Waals surface area contributed by atoms with E-state index in [1.165, 1.54) is 6.07 Å². The van der Waals surface area contributed by atoms with E-state index < -0.39 is 35.0 Å². The Morgan fingerprint density at radius 1 is 1.27 bits per heavy atom. The Morgan fingerprint density at radius 3 is 2.53 bits per heavy atom. The third kappa shape index (κ3) is 3.08. The first-order chi connectivity index (χ1) is 14.1. The van der Waals surface area contributed by atoms with E-state index in [0.717, 1.165) is 17.7 Å². The lowest BCUT2D eigenvalue weighted by Gasteiger charge is -2.28. The topological polar surface area (TPSA) is 77.9 Å². The van der Waals surface area contributed by atoms with Crippen LogP contribution in [-0.2, 0) is 19.8 Å². The Labute approximate surface area is 173 Å². The third-order valence-corrected chi connectivity index (χ3v) is 6.69. The molecule has 162 valence electrons. The average Bonchev–Trinajstić information content (AvgIpc) is 3.41. The summed E-state index contributed by atoms with van der Waals surface area (Å²) in [7, 11) is 0. The van der Waals surface area contributed by atoms with Gasteiger partial charge in [0.2, 0.25) is 11.8 Å². The summed E-state index contributed by atoms with van der Waals surface area (Å²) in [4.78, 5) is 39.9. The van der Waals surface area contributed by atoms with Crippen molar-refractivity contribution in [2.75, 3.05) is 11.4 Å². The Kier molecular flexibility index (Phi) is 4.86. The zero-order valence-electron chi connectivity index (χ0n) is 17.4. The van der Waals surface area contributed by atoms with E-state index in [4.69, 9.17) is 5.11 Å². The van der Waals surface area contributed by atoms with E-state index in [2.05, 4.69) is 0 Å². The number of carbonyl (C=O) groups is 3. The Morgan fingerprint density at radius 2 is 1.93 bits per heavy atom. The Balaban J connectivity index is 1.68. The molecule has 2 atom stereocenters. The lowest BCUT2D eigenvalue weighted by atomic mass is 9.84. The van der Waals surface area contributed by atoms with Crippen molar-refractivity contribution in [2.24, 2.45) is 0 Å². The SMILES string of the molecule is C[C@@H](CCC(=O)O)N1CC[C@@H](N2C(=O)C(C)(C)c3c(F)c(C4CC4)cc(F)c32)C1=O. The molecule has 2 heterocycles. The molecule has 2 aliphatic heterocycles. The summed E-state index contributed by atoms with van der Waals surface area (Å²) in [6.07, 6.45) is 2.12. The number of carbonyl (C=O) groups excluding carboxylic acids is 2. The molecule has 30 heavy (non-hydrogen) atoms. The number of hydrogen-bond donors (Lipinski definition) is 1. The van der Waals surface area contributed by atoms with Gasteiger partial charge in [-0.1, -0.05) is 0 Å². The van der Waals surface area contributed by atoms with Crippen molar-refractivity contribution in [3.63, 3.8) is 0 Å². The number of aliphatic carboxylic acids is 1. The van der Waals surface area contributed by atoms with Crippen molar-refractivity contribution in [3.05, 3.63) is 28.8 Å². The second kappa shape index (κ2) is 7.03.